The number of rotatable bonds is 3. The van der Waals surface area contributed by atoms with E-state index < -0.39 is 0 Å². The quantitative estimate of drug-likeness (QED) is 0.739. The molecule has 2 N–H and O–H groups in total. The highest BCUT2D eigenvalue weighted by atomic mass is 16.3. The van der Waals surface area contributed by atoms with Crippen LogP contribution in [-0.4, -0.2) is 23.7 Å². The largest absolute Gasteiger partial charge is 0.393 e. The Morgan fingerprint density at radius 2 is 2.13 bits per heavy atom. The van der Waals surface area contributed by atoms with Gasteiger partial charge in [0.2, 0.25) is 5.91 Å². The Hall–Kier alpha value is -0.570. The molecule has 2 aliphatic carbocycles. The van der Waals surface area contributed by atoms with Crippen molar-refractivity contribution in [2.24, 2.45) is 17.8 Å². The van der Waals surface area contributed by atoms with Gasteiger partial charge in [-0.3, -0.25) is 4.79 Å². The standard InChI is InChI=1S/C12H21NO2/c1-8-3-2-4-11(8)12(15)13-7-9-5-10(14)6-9/h8-11,14H,2-7H2,1H3,(H,13,15). The zero-order valence-corrected chi connectivity index (χ0v) is 9.41. The number of amides is 1. The van der Waals surface area contributed by atoms with Crippen LogP contribution in [0.5, 0.6) is 0 Å². The van der Waals surface area contributed by atoms with Gasteiger partial charge >= 0.3 is 0 Å². The average Bonchev–Trinajstić information content (AvgIpc) is 2.57. The summed E-state index contributed by atoms with van der Waals surface area (Å²) < 4.78 is 0. The van der Waals surface area contributed by atoms with E-state index in [1.165, 1.54) is 12.8 Å². The lowest BCUT2D eigenvalue weighted by atomic mass is 9.82. The van der Waals surface area contributed by atoms with E-state index in [1.807, 2.05) is 0 Å². The molecule has 0 bridgehead atoms. The van der Waals surface area contributed by atoms with Crippen molar-refractivity contribution in [2.75, 3.05) is 6.54 Å². The molecular formula is C12H21NO2. The van der Waals surface area contributed by atoms with Gasteiger partial charge in [0.05, 0.1) is 6.10 Å². The number of nitrogens with one attached hydrogen (secondary N) is 1. The van der Waals surface area contributed by atoms with Crippen LogP contribution < -0.4 is 5.32 Å². The van der Waals surface area contributed by atoms with Gasteiger partial charge in [0.25, 0.3) is 0 Å². The summed E-state index contributed by atoms with van der Waals surface area (Å²) in [6, 6.07) is 0. The van der Waals surface area contributed by atoms with Crippen molar-refractivity contribution in [2.45, 2.75) is 45.1 Å². The van der Waals surface area contributed by atoms with Crippen molar-refractivity contribution >= 4 is 5.91 Å². The number of aliphatic hydroxyl groups is 1. The van der Waals surface area contributed by atoms with E-state index in [2.05, 4.69) is 12.2 Å². The number of aliphatic hydroxyl groups excluding tert-OH is 1. The molecular weight excluding hydrogens is 190 g/mol. The molecule has 2 atom stereocenters. The predicted molar refractivity (Wildman–Crippen MR) is 58.2 cm³/mol. The summed E-state index contributed by atoms with van der Waals surface area (Å²) in [6.07, 6.45) is 5.06. The molecule has 15 heavy (non-hydrogen) atoms. The highest BCUT2D eigenvalue weighted by Crippen LogP contribution is 2.31. The summed E-state index contributed by atoms with van der Waals surface area (Å²) in [7, 11) is 0. The van der Waals surface area contributed by atoms with Gasteiger partial charge in [-0.1, -0.05) is 13.3 Å². The average molecular weight is 211 g/mol. The molecule has 86 valence electrons. The Balaban J connectivity index is 1.68. The second kappa shape index (κ2) is 4.52. The van der Waals surface area contributed by atoms with Crippen molar-refractivity contribution in [3.05, 3.63) is 0 Å². The van der Waals surface area contributed by atoms with Gasteiger partial charge in [0, 0.05) is 12.5 Å². The Labute approximate surface area is 91.2 Å². The minimum atomic E-state index is -0.114. The fourth-order valence-corrected chi connectivity index (χ4v) is 2.78. The fraction of sp³-hybridized carbons (Fsp3) is 0.917. The number of carbonyl (C=O) groups excluding carboxylic acids is 1. The summed E-state index contributed by atoms with van der Waals surface area (Å²) in [5, 5.41) is 12.2. The second-order valence-corrected chi connectivity index (χ2v) is 5.25. The maximum absolute atomic E-state index is 11.8. The molecule has 0 aliphatic heterocycles. The monoisotopic (exact) mass is 211 g/mol. The van der Waals surface area contributed by atoms with Crippen LogP contribution in [0.4, 0.5) is 0 Å². The van der Waals surface area contributed by atoms with Crippen LogP contribution in [0, 0.1) is 17.8 Å². The van der Waals surface area contributed by atoms with Crippen LogP contribution in [0.2, 0.25) is 0 Å². The zero-order valence-electron chi connectivity index (χ0n) is 9.41. The highest BCUT2D eigenvalue weighted by Gasteiger charge is 2.31. The molecule has 1 amide bonds. The maximum Gasteiger partial charge on any atom is 0.223 e. The number of hydrogen-bond donors (Lipinski definition) is 2. The molecule has 0 saturated heterocycles. The van der Waals surface area contributed by atoms with Crippen molar-refractivity contribution in [3.63, 3.8) is 0 Å². The molecule has 0 aromatic carbocycles. The first-order chi connectivity index (χ1) is 7.16. The summed E-state index contributed by atoms with van der Waals surface area (Å²) >= 11 is 0. The fourth-order valence-electron chi connectivity index (χ4n) is 2.78. The molecule has 3 nitrogen and oxygen atoms in total. The van der Waals surface area contributed by atoms with Gasteiger partial charge in [-0.2, -0.15) is 0 Å². The summed E-state index contributed by atoms with van der Waals surface area (Å²) in [4.78, 5) is 11.8. The molecule has 2 fully saturated rings. The molecule has 0 aromatic heterocycles. The van der Waals surface area contributed by atoms with Crippen molar-refractivity contribution in [3.8, 4) is 0 Å². The molecule has 0 radical (unpaired) electrons. The van der Waals surface area contributed by atoms with Crippen molar-refractivity contribution in [1.82, 2.24) is 5.32 Å². The maximum atomic E-state index is 11.8. The van der Waals surface area contributed by atoms with Crippen LogP contribution in [-0.2, 0) is 4.79 Å². The topological polar surface area (TPSA) is 49.3 Å². The number of carbonyl (C=O) groups is 1. The van der Waals surface area contributed by atoms with Gasteiger partial charge in [0.15, 0.2) is 0 Å². The van der Waals surface area contributed by atoms with Gasteiger partial charge in [-0.15, -0.1) is 0 Å². The molecule has 3 heteroatoms. The molecule has 0 spiro atoms. The van der Waals surface area contributed by atoms with E-state index in [-0.39, 0.29) is 17.9 Å². The van der Waals surface area contributed by atoms with E-state index in [9.17, 15) is 4.79 Å². The zero-order chi connectivity index (χ0) is 10.8. The van der Waals surface area contributed by atoms with Gasteiger partial charge in [0.1, 0.15) is 0 Å². The first-order valence-corrected chi connectivity index (χ1v) is 6.12. The Morgan fingerprint density at radius 3 is 2.67 bits per heavy atom. The molecule has 0 aromatic rings. The second-order valence-electron chi connectivity index (χ2n) is 5.25. The third-order valence-electron chi connectivity index (χ3n) is 3.97. The molecule has 2 unspecified atom stereocenters. The Morgan fingerprint density at radius 1 is 1.40 bits per heavy atom. The predicted octanol–water partition coefficient (Wildman–Crippen LogP) is 1.31. The summed E-state index contributed by atoms with van der Waals surface area (Å²) in [5.41, 5.74) is 0. The third-order valence-corrected chi connectivity index (χ3v) is 3.97. The molecule has 2 rings (SSSR count). The minimum absolute atomic E-state index is 0.114. The normalized spacial score (nSPS) is 39.9. The van der Waals surface area contributed by atoms with Crippen molar-refractivity contribution in [1.29, 1.82) is 0 Å². The Bertz CT molecular complexity index is 236. The van der Waals surface area contributed by atoms with Crippen LogP contribution in [0.1, 0.15) is 39.0 Å². The van der Waals surface area contributed by atoms with Gasteiger partial charge in [-0.05, 0) is 37.5 Å². The van der Waals surface area contributed by atoms with E-state index in [1.54, 1.807) is 0 Å². The van der Waals surface area contributed by atoms with Crippen LogP contribution in [0.3, 0.4) is 0 Å². The van der Waals surface area contributed by atoms with E-state index >= 15 is 0 Å². The first kappa shape index (κ1) is 10.9. The smallest absolute Gasteiger partial charge is 0.223 e. The highest BCUT2D eigenvalue weighted by molar-refractivity contribution is 5.79. The van der Waals surface area contributed by atoms with Crippen LogP contribution in [0.25, 0.3) is 0 Å². The van der Waals surface area contributed by atoms with Crippen LogP contribution >= 0.6 is 0 Å². The summed E-state index contributed by atoms with van der Waals surface area (Å²) in [5.74, 6) is 1.55. The number of hydrogen-bond acceptors (Lipinski definition) is 2. The minimum Gasteiger partial charge on any atom is -0.393 e. The molecule has 2 saturated carbocycles. The van der Waals surface area contributed by atoms with E-state index in [0.29, 0.717) is 11.8 Å². The lowest BCUT2D eigenvalue weighted by molar-refractivity contribution is -0.126. The lowest BCUT2D eigenvalue weighted by Crippen LogP contribution is -2.41. The molecule has 0 heterocycles. The first-order valence-electron chi connectivity index (χ1n) is 6.12. The lowest BCUT2D eigenvalue weighted by Gasteiger charge is -2.31. The molecule has 2 aliphatic rings. The van der Waals surface area contributed by atoms with Gasteiger partial charge < -0.3 is 10.4 Å². The summed E-state index contributed by atoms with van der Waals surface area (Å²) in [6.45, 7) is 2.93. The van der Waals surface area contributed by atoms with Crippen LogP contribution in [0.15, 0.2) is 0 Å². The Kier molecular flexibility index (Phi) is 3.29. The van der Waals surface area contributed by atoms with E-state index in [4.69, 9.17) is 5.11 Å². The van der Waals surface area contributed by atoms with E-state index in [0.717, 1.165) is 25.8 Å². The van der Waals surface area contributed by atoms with Crippen molar-refractivity contribution < 1.29 is 9.90 Å². The van der Waals surface area contributed by atoms with Gasteiger partial charge in [-0.25, -0.2) is 0 Å². The third kappa shape index (κ3) is 2.51. The SMILES string of the molecule is CC1CCCC1C(=O)NCC1CC(O)C1.